The molecule has 3 heteroatoms. The van der Waals surface area contributed by atoms with E-state index in [2.05, 4.69) is 24.8 Å². The summed E-state index contributed by atoms with van der Waals surface area (Å²) >= 11 is 0. The van der Waals surface area contributed by atoms with Gasteiger partial charge in [0.2, 0.25) is 5.91 Å². The van der Waals surface area contributed by atoms with Crippen molar-refractivity contribution in [2.75, 3.05) is 13.1 Å². The third kappa shape index (κ3) is 4.02. The van der Waals surface area contributed by atoms with Crippen LogP contribution < -0.4 is 0 Å². The van der Waals surface area contributed by atoms with Crippen LogP contribution in [-0.4, -0.2) is 29.0 Å². The quantitative estimate of drug-likeness (QED) is 0.605. The summed E-state index contributed by atoms with van der Waals surface area (Å²) in [6.45, 7) is 7.81. The van der Waals surface area contributed by atoms with Gasteiger partial charge in [-0.3, -0.25) is 4.79 Å². The van der Waals surface area contributed by atoms with Gasteiger partial charge in [-0.1, -0.05) is 13.0 Å². The lowest BCUT2D eigenvalue weighted by Gasteiger charge is -2.34. The molecule has 2 rings (SSSR count). The lowest BCUT2D eigenvalue weighted by molar-refractivity contribution is -0.133. The number of allylic oxidation sites excluding steroid dienone is 5. The van der Waals surface area contributed by atoms with E-state index >= 15 is 0 Å². The number of likely N-dealkylation sites (tertiary alicyclic amines) is 1. The second kappa shape index (κ2) is 7.66. The van der Waals surface area contributed by atoms with E-state index in [4.69, 9.17) is 0 Å². The smallest absolute Gasteiger partial charge is 0.225 e. The number of carbonyl (C=O) groups is 1. The predicted octanol–water partition coefficient (Wildman–Crippen LogP) is 4.38. The van der Waals surface area contributed by atoms with E-state index in [9.17, 15) is 9.90 Å². The molecule has 0 radical (unpaired) electrons. The van der Waals surface area contributed by atoms with Gasteiger partial charge in [0.25, 0.3) is 0 Å². The Morgan fingerprint density at radius 3 is 2.18 bits per heavy atom. The summed E-state index contributed by atoms with van der Waals surface area (Å²) in [7, 11) is 0. The average Bonchev–Trinajstić information content (AvgIpc) is 3.39. The van der Waals surface area contributed by atoms with Gasteiger partial charge in [0.1, 0.15) is 5.76 Å². The first-order valence-corrected chi connectivity index (χ1v) is 8.61. The van der Waals surface area contributed by atoms with Gasteiger partial charge < -0.3 is 10.0 Å². The normalized spacial score (nSPS) is 22.1. The molecule has 1 heterocycles. The predicted molar refractivity (Wildman–Crippen MR) is 90.5 cm³/mol. The van der Waals surface area contributed by atoms with Crippen LogP contribution in [0.15, 0.2) is 35.1 Å². The Morgan fingerprint density at radius 2 is 1.73 bits per heavy atom. The van der Waals surface area contributed by atoms with Crippen LogP contribution in [0.25, 0.3) is 0 Å². The number of carbonyl (C=O) groups excluding carboxylic acids is 1. The van der Waals surface area contributed by atoms with Gasteiger partial charge in [-0.25, -0.2) is 0 Å². The molecule has 0 unspecified atom stereocenters. The van der Waals surface area contributed by atoms with Gasteiger partial charge in [-0.2, -0.15) is 0 Å². The molecule has 2 fully saturated rings. The van der Waals surface area contributed by atoms with Gasteiger partial charge in [-0.05, 0) is 75.2 Å². The maximum absolute atomic E-state index is 12.1. The van der Waals surface area contributed by atoms with Crippen molar-refractivity contribution in [3.63, 3.8) is 0 Å². The highest BCUT2D eigenvalue weighted by Gasteiger charge is 2.35. The van der Waals surface area contributed by atoms with Crippen molar-refractivity contribution in [1.82, 2.24) is 4.90 Å². The van der Waals surface area contributed by atoms with Crippen molar-refractivity contribution in [1.29, 1.82) is 0 Å². The number of hydrogen-bond acceptors (Lipinski definition) is 2. The minimum absolute atomic E-state index is 0.329. The zero-order chi connectivity index (χ0) is 16.1. The van der Waals surface area contributed by atoms with Crippen LogP contribution in [0.3, 0.4) is 0 Å². The fourth-order valence-corrected chi connectivity index (χ4v) is 3.33. The molecule has 122 valence electrons. The van der Waals surface area contributed by atoms with Crippen LogP contribution >= 0.6 is 0 Å². The van der Waals surface area contributed by atoms with Crippen molar-refractivity contribution in [3.8, 4) is 0 Å². The maximum Gasteiger partial charge on any atom is 0.225 e. The zero-order valence-corrected chi connectivity index (χ0v) is 14.1. The Kier molecular flexibility index (Phi) is 5.87. The van der Waals surface area contributed by atoms with Crippen LogP contribution in [0.4, 0.5) is 0 Å². The van der Waals surface area contributed by atoms with Crippen LogP contribution in [0.2, 0.25) is 0 Å². The van der Waals surface area contributed by atoms with Gasteiger partial charge in [0.15, 0.2) is 0 Å². The molecule has 0 atom stereocenters. The molecule has 0 aromatic carbocycles. The van der Waals surface area contributed by atoms with Crippen LogP contribution in [0.5, 0.6) is 0 Å². The Bertz CT molecular complexity index is 490. The van der Waals surface area contributed by atoms with Gasteiger partial charge in [0, 0.05) is 19.0 Å². The van der Waals surface area contributed by atoms with Crippen LogP contribution in [-0.2, 0) is 4.79 Å². The molecule has 1 N–H and O–H groups in total. The van der Waals surface area contributed by atoms with E-state index in [1.807, 2.05) is 13.0 Å². The number of amides is 1. The number of aliphatic hydroxyl groups is 1. The molecule has 0 bridgehead atoms. The molecular formula is C19H29NO2. The fourth-order valence-electron chi connectivity index (χ4n) is 3.33. The summed E-state index contributed by atoms with van der Waals surface area (Å²) in [5.74, 6) is 1.54. The third-order valence-electron chi connectivity index (χ3n) is 4.85. The molecule has 2 aliphatic rings. The molecule has 3 nitrogen and oxygen atoms in total. The Morgan fingerprint density at radius 1 is 1.09 bits per heavy atom. The molecule has 1 aliphatic heterocycles. The first-order chi connectivity index (χ1) is 10.6. The van der Waals surface area contributed by atoms with E-state index in [1.165, 1.54) is 11.1 Å². The first-order valence-electron chi connectivity index (χ1n) is 8.61. The lowest BCUT2D eigenvalue weighted by atomic mass is 9.83. The number of nitrogens with zero attached hydrogens (tertiary/aromatic N) is 1. The van der Waals surface area contributed by atoms with Crippen molar-refractivity contribution >= 4 is 5.91 Å². The SMILES string of the molecule is C\C=C(/C(=C\C(O)=C/C)CC)C1CCN(C(=O)C2CC2)CC1. The minimum Gasteiger partial charge on any atom is -0.508 e. The second-order valence-electron chi connectivity index (χ2n) is 6.35. The number of piperidine rings is 1. The topological polar surface area (TPSA) is 40.5 Å². The first kappa shape index (κ1) is 16.9. The molecule has 22 heavy (non-hydrogen) atoms. The Labute approximate surface area is 134 Å². The summed E-state index contributed by atoms with van der Waals surface area (Å²) in [6, 6.07) is 0. The zero-order valence-electron chi connectivity index (χ0n) is 14.1. The van der Waals surface area contributed by atoms with Gasteiger partial charge in [-0.15, -0.1) is 0 Å². The van der Waals surface area contributed by atoms with E-state index in [0.29, 0.717) is 23.5 Å². The lowest BCUT2D eigenvalue weighted by Crippen LogP contribution is -2.39. The maximum atomic E-state index is 12.1. The second-order valence-corrected chi connectivity index (χ2v) is 6.35. The standard InChI is InChI=1S/C19H29NO2/c1-4-14(13-17(21)5-2)18(6-3)15-9-11-20(12-10-15)19(22)16-7-8-16/h5-6,13,15-16,21H,4,7-12H2,1-3H3/b14-13-,17-5+,18-6+. The summed E-state index contributed by atoms with van der Waals surface area (Å²) in [6.07, 6.45) is 10.9. The average molecular weight is 303 g/mol. The monoisotopic (exact) mass is 303 g/mol. The highest BCUT2D eigenvalue weighted by Crippen LogP contribution is 2.35. The highest BCUT2D eigenvalue weighted by molar-refractivity contribution is 5.81. The summed E-state index contributed by atoms with van der Waals surface area (Å²) in [5, 5.41) is 9.79. The number of aliphatic hydroxyl groups excluding tert-OH is 1. The van der Waals surface area contributed by atoms with Crippen molar-refractivity contribution < 1.29 is 9.90 Å². The number of hydrogen-bond donors (Lipinski definition) is 1. The van der Waals surface area contributed by atoms with E-state index in [-0.39, 0.29) is 0 Å². The number of rotatable bonds is 5. The largest absolute Gasteiger partial charge is 0.508 e. The van der Waals surface area contributed by atoms with Crippen molar-refractivity contribution in [2.24, 2.45) is 11.8 Å². The van der Waals surface area contributed by atoms with Gasteiger partial charge in [0.05, 0.1) is 0 Å². The summed E-state index contributed by atoms with van der Waals surface area (Å²) in [4.78, 5) is 14.2. The van der Waals surface area contributed by atoms with E-state index in [0.717, 1.165) is 45.2 Å². The molecule has 0 aromatic heterocycles. The molecule has 1 saturated carbocycles. The van der Waals surface area contributed by atoms with Crippen LogP contribution in [0.1, 0.15) is 52.9 Å². The third-order valence-corrected chi connectivity index (χ3v) is 4.85. The molecule has 0 spiro atoms. The molecule has 1 saturated heterocycles. The molecule has 1 aliphatic carbocycles. The molecular weight excluding hydrogens is 274 g/mol. The highest BCUT2D eigenvalue weighted by atomic mass is 16.3. The fraction of sp³-hybridized carbons (Fsp3) is 0.632. The van der Waals surface area contributed by atoms with E-state index < -0.39 is 0 Å². The Hall–Kier alpha value is -1.51. The minimum atomic E-state index is 0.329. The summed E-state index contributed by atoms with van der Waals surface area (Å²) < 4.78 is 0. The van der Waals surface area contributed by atoms with E-state index in [1.54, 1.807) is 6.08 Å². The van der Waals surface area contributed by atoms with Gasteiger partial charge >= 0.3 is 0 Å². The molecule has 1 amide bonds. The Balaban J connectivity index is 2.01. The molecule has 0 aromatic rings. The van der Waals surface area contributed by atoms with Crippen molar-refractivity contribution in [2.45, 2.75) is 52.9 Å². The van der Waals surface area contributed by atoms with Crippen molar-refractivity contribution in [3.05, 3.63) is 35.1 Å². The summed E-state index contributed by atoms with van der Waals surface area (Å²) in [5.41, 5.74) is 2.56. The van der Waals surface area contributed by atoms with Crippen LogP contribution in [0, 0.1) is 11.8 Å².